The van der Waals surface area contributed by atoms with Gasteiger partial charge in [0.2, 0.25) is 10.0 Å². The third-order valence-corrected chi connectivity index (χ3v) is 9.64. The molecule has 1 N–H and O–H groups in total. The maximum absolute atomic E-state index is 13.0. The van der Waals surface area contributed by atoms with Crippen LogP contribution in [0.5, 0.6) is 0 Å². The second-order valence-electron chi connectivity index (χ2n) is 9.40. The van der Waals surface area contributed by atoms with E-state index in [9.17, 15) is 8.42 Å². The summed E-state index contributed by atoms with van der Waals surface area (Å²) in [5, 5.41) is 7.75. The molecule has 2 heterocycles. The highest BCUT2D eigenvalue weighted by Crippen LogP contribution is 2.40. The molecule has 5 rings (SSSR count). The van der Waals surface area contributed by atoms with E-state index in [0.29, 0.717) is 32.2 Å². The Kier molecular flexibility index (Phi) is 8.76. The number of nitrogens with zero attached hydrogens (tertiary/aromatic N) is 2. The summed E-state index contributed by atoms with van der Waals surface area (Å²) in [7, 11) is -3.73. The molecule has 0 spiro atoms. The van der Waals surface area contributed by atoms with Crippen LogP contribution in [0.4, 0.5) is 0 Å². The maximum atomic E-state index is 13.0. The quantitative estimate of drug-likeness (QED) is 0.217. The number of thioether (sulfide) groups is 1. The molecular formula is C29H26Cl3N3O2S2. The van der Waals surface area contributed by atoms with Crippen LogP contribution in [0, 0.1) is 0 Å². The lowest BCUT2D eigenvalue weighted by Gasteiger charge is -2.25. The van der Waals surface area contributed by atoms with Gasteiger partial charge in [-0.25, -0.2) is 17.8 Å². The highest BCUT2D eigenvalue weighted by molar-refractivity contribution is 7.98. The Labute approximate surface area is 248 Å². The number of aromatic nitrogens is 2. The van der Waals surface area contributed by atoms with Gasteiger partial charge in [-0.3, -0.25) is 0 Å². The smallest absolute Gasteiger partial charge is 0.234 e. The number of nitrogens with one attached hydrogen (secondary N) is 1. The number of halogens is 3. The molecular weight excluding hydrogens is 593 g/mol. The molecule has 1 unspecified atom stereocenters. The van der Waals surface area contributed by atoms with Crippen molar-refractivity contribution in [2.75, 3.05) is 5.75 Å². The number of rotatable bonds is 8. The van der Waals surface area contributed by atoms with Gasteiger partial charge in [0, 0.05) is 44.5 Å². The zero-order chi connectivity index (χ0) is 27.6. The van der Waals surface area contributed by atoms with Gasteiger partial charge in [0.1, 0.15) is 0 Å². The highest BCUT2D eigenvalue weighted by Gasteiger charge is 2.30. The van der Waals surface area contributed by atoms with E-state index in [0.717, 1.165) is 34.6 Å². The molecule has 39 heavy (non-hydrogen) atoms. The van der Waals surface area contributed by atoms with Crippen LogP contribution in [0.1, 0.15) is 47.0 Å². The Morgan fingerprint density at radius 1 is 1.05 bits per heavy atom. The van der Waals surface area contributed by atoms with Crippen molar-refractivity contribution in [3.05, 3.63) is 121 Å². The van der Waals surface area contributed by atoms with Gasteiger partial charge in [-0.1, -0.05) is 77.3 Å². The lowest BCUT2D eigenvalue weighted by atomic mass is 9.94. The number of benzene rings is 3. The van der Waals surface area contributed by atoms with Crippen LogP contribution in [0.25, 0.3) is 11.8 Å². The first kappa shape index (κ1) is 28.3. The molecule has 0 fully saturated rings. The summed E-state index contributed by atoms with van der Waals surface area (Å²) in [5.41, 5.74) is 5.30. The topological polar surface area (TPSA) is 64.0 Å². The van der Waals surface area contributed by atoms with Crippen LogP contribution >= 0.6 is 46.6 Å². The molecule has 4 aromatic rings. The molecule has 3 aromatic carbocycles. The van der Waals surface area contributed by atoms with Crippen molar-refractivity contribution >= 4 is 62.7 Å². The highest BCUT2D eigenvalue weighted by atomic mass is 35.5. The summed E-state index contributed by atoms with van der Waals surface area (Å²) in [4.78, 5) is 0. The first-order chi connectivity index (χ1) is 18.7. The Morgan fingerprint density at radius 2 is 1.82 bits per heavy atom. The van der Waals surface area contributed by atoms with Crippen LogP contribution in [-0.2, 0) is 22.2 Å². The predicted octanol–water partition coefficient (Wildman–Crippen LogP) is 8.06. The average molecular weight is 619 g/mol. The zero-order valence-electron chi connectivity index (χ0n) is 21.0. The minimum atomic E-state index is -3.73. The van der Waals surface area contributed by atoms with Gasteiger partial charge in [0.15, 0.2) is 0 Å². The van der Waals surface area contributed by atoms with Gasteiger partial charge < -0.3 is 0 Å². The van der Waals surface area contributed by atoms with E-state index in [2.05, 4.69) is 10.8 Å². The Bertz CT molecular complexity index is 1620. The van der Waals surface area contributed by atoms with Gasteiger partial charge in [-0.15, -0.1) is 0 Å². The van der Waals surface area contributed by atoms with Crippen molar-refractivity contribution in [3.63, 3.8) is 0 Å². The third-order valence-electron chi connectivity index (χ3n) is 6.56. The van der Waals surface area contributed by atoms with E-state index in [1.54, 1.807) is 30.0 Å². The molecule has 0 saturated carbocycles. The number of hydrogen-bond donors (Lipinski definition) is 1. The fourth-order valence-electron chi connectivity index (χ4n) is 4.75. The third kappa shape index (κ3) is 6.73. The molecule has 2 atom stereocenters. The Morgan fingerprint density at radius 3 is 2.56 bits per heavy atom. The van der Waals surface area contributed by atoms with Crippen molar-refractivity contribution in [3.8, 4) is 5.69 Å². The molecule has 10 heteroatoms. The van der Waals surface area contributed by atoms with Crippen molar-refractivity contribution in [2.24, 2.45) is 0 Å². The van der Waals surface area contributed by atoms with E-state index < -0.39 is 10.0 Å². The second-order valence-corrected chi connectivity index (χ2v) is 13.3. The number of hydrogen-bond acceptors (Lipinski definition) is 4. The largest absolute Gasteiger partial charge is 0.235 e. The molecule has 1 aliphatic rings. The van der Waals surface area contributed by atoms with Gasteiger partial charge in [-0.05, 0) is 60.9 Å². The molecule has 0 amide bonds. The second kappa shape index (κ2) is 12.1. The minimum absolute atomic E-state index is 0.117. The Balaban J connectivity index is 1.52. The summed E-state index contributed by atoms with van der Waals surface area (Å²) in [5.74, 6) is 1.71. The van der Waals surface area contributed by atoms with Gasteiger partial charge in [0.25, 0.3) is 0 Å². The monoisotopic (exact) mass is 617 g/mol. The normalized spacial score (nSPS) is 16.4. The van der Waals surface area contributed by atoms with E-state index in [1.165, 1.54) is 5.41 Å². The van der Waals surface area contributed by atoms with Crippen molar-refractivity contribution in [1.82, 2.24) is 14.5 Å². The Hall–Kier alpha value is -2.26. The fourth-order valence-corrected chi connectivity index (χ4v) is 7.65. The first-order valence-electron chi connectivity index (χ1n) is 12.3. The minimum Gasteiger partial charge on any atom is -0.235 e. The fraction of sp³-hybridized carbons (Fsp3) is 0.207. The molecule has 202 valence electrons. The molecule has 1 aliphatic heterocycles. The van der Waals surface area contributed by atoms with Crippen LogP contribution in [-0.4, -0.2) is 24.0 Å². The molecule has 5 nitrogen and oxygen atoms in total. The lowest BCUT2D eigenvalue weighted by Crippen LogP contribution is -2.24. The summed E-state index contributed by atoms with van der Waals surface area (Å²) in [6, 6.07) is 22.2. The molecule has 1 aromatic heterocycles. The zero-order valence-corrected chi connectivity index (χ0v) is 24.9. The van der Waals surface area contributed by atoms with E-state index in [-0.39, 0.29) is 12.0 Å². The van der Waals surface area contributed by atoms with E-state index in [1.807, 2.05) is 66.2 Å². The number of fused-ring (bicyclic) bond motifs is 1. The molecule has 0 aliphatic carbocycles. The van der Waals surface area contributed by atoms with Crippen molar-refractivity contribution in [2.45, 2.75) is 31.1 Å². The standard InChI is InChI=1S/C29H26Cl3N3O2S2/c1-19(21-7-3-2-4-8-21)34-39(36,37)13-12-27-25-18-38-17-22(14-20-6-5-9-23(30)15-20)29(25)35(33-27)28-11-10-24(31)16-26(28)32/h2-13,15-16,19,22,34H,14,17-18H2,1H3/b13-12+/t19-,22?/m0/s1. The summed E-state index contributed by atoms with van der Waals surface area (Å²) >= 11 is 20.9. The molecule has 0 bridgehead atoms. The summed E-state index contributed by atoms with van der Waals surface area (Å²) < 4.78 is 30.5. The SMILES string of the molecule is C[C@H](NS(=O)(=O)/C=C/c1nn(-c2ccc(Cl)cc2Cl)c2c1CSCC2Cc1cccc(Cl)c1)c1ccccc1. The van der Waals surface area contributed by atoms with Crippen LogP contribution in [0.3, 0.4) is 0 Å². The van der Waals surface area contributed by atoms with Gasteiger partial charge in [0.05, 0.1) is 22.1 Å². The van der Waals surface area contributed by atoms with Crippen molar-refractivity contribution < 1.29 is 8.42 Å². The van der Waals surface area contributed by atoms with Crippen LogP contribution in [0.15, 0.2) is 78.2 Å². The molecule has 0 radical (unpaired) electrons. The molecule has 0 saturated heterocycles. The van der Waals surface area contributed by atoms with Crippen LogP contribution in [0.2, 0.25) is 15.1 Å². The van der Waals surface area contributed by atoms with Crippen LogP contribution < -0.4 is 4.72 Å². The first-order valence-corrected chi connectivity index (χ1v) is 16.2. The van der Waals surface area contributed by atoms with Gasteiger partial charge >= 0.3 is 0 Å². The van der Waals surface area contributed by atoms with Crippen molar-refractivity contribution in [1.29, 1.82) is 0 Å². The summed E-state index contributed by atoms with van der Waals surface area (Å²) in [6.45, 7) is 1.82. The predicted molar refractivity (Wildman–Crippen MR) is 164 cm³/mol. The van der Waals surface area contributed by atoms with E-state index in [4.69, 9.17) is 39.9 Å². The summed E-state index contributed by atoms with van der Waals surface area (Å²) in [6.07, 6.45) is 2.33. The lowest BCUT2D eigenvalue weighted by molar-refractivity contribution is 0.576. The number of sulfonamides is 1. The average Bonchev–Trinajstić information content (AvgIpc) is 3.27. The maximum Gasteiger partial charge on any atom is 0.234 e. The van der Waals surface area contributed by atoms with Gasteiger partial charge in [-0.2, -0.15) is 16.9 Å². The van der Waals surface area contributed by atoms with E-state index >= 15 is 0 Å².